The summed E-state index contributed by atoms with van der Waals surface area (Å²) in [5.41, 5.74) is 2.07. The Balaban J connectivity index is 1.31. The number of rotatable bonds is 17. The summed E-state index contributed by atoms with van der Waals surface area (Å²) in [7, 11) is 1.47. The lowest BCUT2D eigenvalue weighted by molar-refractivity contribution is -0.122. The Morgan fingerprint density at radius 1 is 0.848 bits per heavy atom. The highest BCUT2D eigenvalue weighted by Crippen LogP contribution is 2.30. The van der Waals surface area contributed by atoms with Crippen LogP contribution in [0.15, 0.2) is 66.7 Å². The zero-order valence-electron chi connectivity index (χ0n) is 26.9. The molecule has 2 amide bonds. The fraction of sp³-hybridized carbons (Fsp3) is 0.405. The smallest absolute Gasteiger partial charge is 0.343 e. The number of carbonyl (C=O) groups excluding carboxylic acids is 4. The number of nitrogens with one attached hydrogen (secondary N) is 2. The van der Waals surface area contributed by atoms with Crippen LogP contribution in [0.25, 0.3) is 0 Å². The zero-order chi connectivity index (χ0) is 32.9. The molecule has 0 aliphatic heterocycles. The Bertz CT molecular complexity index is 1480. The van der Waals surface area contributed by atoms with Gasteiger partial charge < -0.3 is 24.8 Å². The van der Waals surface area contributed by atoms with E-state index in [0.29, 0.717) is 40.5 Å². The van der Waals surface area contributed by atoms with Crippen LogP contribution < -0.4 is 24.8 Å². The molecule has 1 fully saturated rings. The van der Waals surface area contributed by atoms with Gasteiger partial charge in [-0.1, -0.05) is 45.1 Å². The lowest BCUT2D eigenvalue weighted by Crippen LogP contribution is -2.41. The Labute approximate surface area is 271 Å². The molecule has 0 saturated heterocycles. The molecule has 0 bridgehead atoms. The Hall–Kier alpha value is -4.66. The number of unbranched alkanes of at least 4 members (excludes halogenated alkanes) is 4. The van der Waals surface area contributed by atoms with E-state index in [2.05, 4.69) is 17.6 Å². The first-order valence-corrected chi connectivity index (χ1v) is 16.1. The van der Waals surface area contributed by atoms with Crippen molar-refractivity contribution in [1.82, 2.24) is 5.32 Å². The number of esters is 1. The van der Waals surface area contributed by atoms with Gasteiger partial charge in [-0.15, -0.1) is 0 Å². The molecule has 9 heteroatoms. The number of Topliss-reactive ketones (excluding diaryl/α,β-unsaturated/α-hetero) is 1. The van der Waals surface area contributed by atoms with E-state index in [1.54, 1.807) is 66.7 Å². The predicted molar refractivity (Wildman–Crippen MR) is 177 cm³/mol. The number of amides is 2. The number of anilines is 1. The Morgan fingerprint density at radius 3 is 2.17 bits per heavy atom. The Morgan fingerprint density at radius 2 is 1.54 bits per heavy atom. The average molecular weight is 629 g/mol. The lowest BCUT2D eigenvalue weighted by Gasteiger charge is -2.24. The van der Waals surface area contributed by atoms with Gasteiger partial charge in [0, 0.05) is 17.2 Å². The van der Waals surface area contributed by atoms with Crippen LogP contribution in [0.3, 0.4) is 0 Å². The predicted octanol–water partition coefficient (Wildman–Crippen LogP) is 6.93. The minimum absolute atomic E-state index is 0.000786. The molecule has 1 aliphatic carbocycles. The number of ether oxygens (including phenoxy) is 3. The molecule has 1 atom stereocenters. The highest BCUT2D eigenvalue weighted by molar-refractivity contribution is 5.98. The van der Waals surface area contributed by atoms with Crippen molar-refractivity contribution in [2.75, 3.05) is 19.0 Å². The van der Waals surface area contributed by atoms with E-state index in [-0.39, 0.29) is 29.8 Å². The summed E-state index contributed by atoms with van der Waals surface area (Å²) in [6.07, 6.45) is 8.88. The SMILES string of the molecule is CCCCCCCOc1ccc(C(=O)Oc2ccc(CC(NC(=O)c3ccc(NC(=O)C4CCC4)cc3)C(C)=O)cc2OC)cc1. The maximum absolute atomic E-state index is 13.0. The summed E-state index contributed by atoms with van der Waals surface area (Å²) < 4.78 is 16.9. The standard InChI is InChI=1S/C37H44N2O7/c1-4-5-6-7-8-22-45-31-19-15-29(16-20-31)37(43)46-33-21-12-26(24-34(33)44-3)23-32(25(2)40)39-36(42)28-13-17-30(18-14-28)38-35(41)27-10-9-11-27/h12-21,24,27,32H,4-11,22-23H2,1-3H3,(H,38,41)(H,39,42). The normalized spacial score (nSPS) is 13.2. The maximum atomic E-state index is 13.0. The maximum Gasteiger partial charge on any atom is 0.343 e. The molecule has 3 aromatic carbocycles. The van der Waals surface area contributed by atoms with Gasteiger partial charge in [0.1, 0.15) is 5.75 Å². The molecular weight excluding hydrogens is 584 g/mol. The minimum Gasteiger partial charge on any atom is -0.494 e. The van der Waals surface area contributed by atoms with Gasteiger partial charge in [0.05, 0.1) is 25.3 Å². The summed E-state index contributed by atoms with van der Waals surface area (Å²) in [6.45, 7) is 4.24. The van der Waals surface area contributed by atoms with Crippen LogP contribution >= 0.6 is 0 Å². The molecule has 1 unspecified atom stereocenters. The molecule has 9 nitrogen and oxygen atoms in total. The first-order chi connectivity index (χ1) is 22.3. The van der Waals surface area contributed by atoms with Crippen LogP contribution in [0.4, 0.5) is 5.69 Å². The molecule has 4 rings (SSSR count). The highest BCUT2D eigenvalue weighted by Gasteiger charge is 2.25. The fourth-order valence-electron chi connectivity index (χ4n) is 5.06. The van der Waals surface area contributed by atoms with Crippen LogP contribution in [0, 0.1) is 5.92 Å². The quantitative estimate of drug-likeness (QED) is 0.0945. The van der Waals surface area contributed by atoms with E-state index >= 15 is 0 Å². The van der Waals surface area contributed by atoms with E-state index in [4.69, 9.17) is 14.2 Å². The zero-order valence-corrected chi connectivity index (χ0v) is 26.9. The largest absolute Gasteiger partial charge is 0.494 e. The van der Waals surface area contributed by atoms with Gasteiger partial charge in [-0.3, -0.25) is 14.4 Å². The van der Waals surface area contributed by atoms with Crippen LogP contribution in [0.2, 0.25) is 0 Å². The van der Waals surface area contributed by atoms with Crippen LogP contribution in [0.1, 0.15) is 91.5 Å². The second-order valence-electron chi connectivity index (χ2n) is 11.7. The van der Waals surface area contributed by atoms with Crippen molar-refractivity contribution >= 4 is 29.3 Å². The van der Waals surface area contributed by atoms with E-state index in [9.17, 15) is 19.2 Å². The van der Waals surface area contributed by atoms with Gasteiger partial charge in [0.15, 0.2) is 17.3 Å². The first kappa shape index (κ1) is 34.2. The molecule has 0 radical (unpaired) electrons. The van der Waals surface area contributed by atoms with Crippen LogP contribution in [-0.4, -0.2) is 43.3 Å². The molecular formula is C37H44N2O7. The summed E-state index contributed by atoms with van der Waals surface area (Å²) in [6, 6.07) is 17.6. The summed E-state index contributed by atoms with van der Waals surface area (Å²) in [5, 5.41) is 5.68. The molecule has 46 heavy (non-hydrogen) atoms. The van der Waals surface area contributed by atoms with E-state index in [1.807, 2.05) is 0 Å². The first-order valence-electron chi connectivity index (χ1n) is 16.1. The molecule has 3 aromatic rings. The number of methoxy groups -OCH3 is 1. The van der Waals surface area contributed by atoms with Gasteiger partial charge >= 0.3 is 5.97 Å². The van der Waals surface area contributed by atoms with Crippen molar-refractivity contribution in [3.63, 3.8) is 0 Å². The summed E-state index contributed by atoms with van der Waals surface area (Å²) in [4.78, 5) is 50.5. The average Bonchev–Trinajstić information content (AvgIpc) is 3.02. The third-order valence-electron chi connectivity index (χ3n) is 8.16. The van der Waals surface area contributed by atoms with Crippen LogP contribution in [0.5, 0.6) is 17.2 Å². The molecule has 0 spiro atoms. The molecule has 1 saturated carbocycles. The van der Waals surface area contributed by atoms with Gasteiger partial charge in [-0.05, 0) is 98.8 Å². The molecule has 0 heterocycles. The van der Waals surface area contributed by atoms with Gasteiger partial charge in [0.2, 0.25) is 5.91 Å². The third kappa shape index (κ3) is 9.92. The molecule has 1 aliphatic rings. The molecule has 2 N–H and O–H groups in total. The molecule has 244 valence electrons. The Kier molecular flexibility index (Phi) is 12.8. The number of benzene rings is 3. The minimum atomic E-state index is -0.791. The van der Waals surface area contributed by atoms with E-state index < -0.39 is 17.9 Å². The number of hydrogen-bond donors (Lipinski definition) is 2. The van der Waals surface area contributed by atoms with Gasteiger partial charge in [0.25, 0.3) is 5.91 Å². The van der Waals surface area contributed by atoms with Gasteiger partial charge in [-0.2, -0.15) is 0 Å². The second kappa shape index (κ2) is 17.1. The van der Waals surface area contributed by atoms with E-state index in [0.717, 1.165) is 32.1 Å². The summed E-state index contributed by atoms with van der Waals surface area (Å²) >= 11 is 0. The third-order valence-corrected chi connectivity index (χ3v) is 8.16. The number of hydrogen-bond acceptors (Lipinski definition) is 7. The van der Waals surface area contributed by atoms with Crippen molar-refractivity contribution in [1.29, 1.82) is 0 Å². The number of ketones is 1. The second-order valence-corrected chi connectivity index (χ2v) is 11.7. The van der Waals surface area contributed by atoms with Gasteiger partial charge in [-0.25, -0.2) is 4.79 Å². The van der Waals surface area contributed by atoms with Crippen molar-refractivity contribution < 1.29 is 33.4 Å². The molecule has 0 aromatic heterocycles. The number of carbonyl (C=O) groups is 4. The van der Waals surface area contributed by atoms with E-state index in [1.165, 1.54) is 33.3 Å². The van der Waals surface area contributed by atoms with Crippen LogP contribution in [-0.2, 0) is 16.0 Å². The highest BCUT2D eigenvalue weighted by atomic mass is 16.6. The summed E-state index contributed by atoms with van der Waals surface area (Å²) in [5.74, 6) is 0.156. The van der Waals surface area contributed by atoms with Crippen molar-refractivity contribution in [3.05, 3.63) is 83.4 Å². The fourth-order valence-corrected chi connectivity index (χ4v) is 5.06. The topological polar surface area (TPSA) is 120 Å². The monoisotopic (exact) mass is 628 g/mol. The van der Waals surface area contributed by atoms with Crippen molar-refractivity contribution in [2.45, 2.75) is 77.7 Å². The lowest BCUT2D eigenvalue weighted by atomic mass is 9.85. The van der Waals surface area contributed by atoms with Crippen molar-refractivity contribution in [3.8, 4) is 17.2 Å². The van der Waals surface area contributed by atoms with Crippen molar-refractivity contribution in [2.24, 2.45) is 5.92 Å².